The van der Waals surface area contributed by atoms with Crippen LogP contribution in [0.2, 0.25) is 5.02 Å². The van der Waals surface area contributed by atoms with Crippen molar-refractivity contribution >= 4 is 33.7 Å². The van der Waals surface area contributed by atoms with Crippen molar-refractivity contribution in [3.63, 3.8) is 0 Å². The van der Waals surface area contributed by atoms with Crippen LogP contribution in [0.5, 0.6) is 0 Å². The van der Waals surface area contributed by atoms with Crippen molar-refractivity contribution in [2.45, 2.75) is 31.6 Å². The van der Waals surface area contributed by atoms with E-state index in [0.717, 1.165) is 31.2 Å². The number of nitrogens with zero attached hydrogens (tertiary/aromatic N) is 2. The molecule has 0 unspecified atom stereocenters. The molecule has 4 heteroatoms. The highest BCUT2D eigenvalue weighted by atomic mass is 35.5. The van der Waals surface area contributed by atoms with E-state index in [1.807, 2.05) is 10.5 Å². The predicted molar refractivity (Wildman–Crippen MR) is 113 cm³/mol. The van der Waals surface area contributed by atoms with E-state index < -0.39 is 0 Å². The second kappa shape index (κ2) is 7.06. The molecule has 1 aliphatic rings. The van der Waals surface area contributed by atoms with E-state index in [1.54, 1.807) is 18.6 Å². The standard InChI is InChI=1S/C24H21ClN2O/c25-21-12-22-14-26-15-27(22)23(13-21)24(28)18-8-5-17(6-9-18)20-10-7-16-3-1-2-4-19(16)11-20/h1-4,7,10-15,17-18H,5-6,8-9H2. The quantitative estimate of drug-likeness (QED) is 0.386. The highest BCUT2D eigenvalue weighted by Gasteiger charge is 2.29. The molecule has 0 N–H and O–H groups in total. The number of imidazole rings is 1. The lowest BCUT2D eigenvalue weighted by Crippen LogP contribution is -2.23. The SMILES string of the molecule is O=C(c1cc(Cl)cc2cncn12)C1CCC(c2ccc3ccccc3c2)CC1. The average Bonchev–Trinajstić information content (AvgIpc) is 3.21. The predicted octanol–water partition coefficient (Wildman–Crippen LogP) is 6.30. The van der Waals surface area contributed by atoms with E-state index in [-0.39, 0.29) is 11.7 Å². The van der Waals surface area contributed by atoms with Gasteiger partial charge in [0.25, 0.3) is 0 Å². The Morgan fingerprint density at radius 3 is 2.57 bits per heavy atom. The molecule has 0 atom stereocenters. The number of ketones is 1. The van der Waals surface area contributed by atoms with Crippen LogP contribution in [-0.2, 0) is 0 Å². The van der Waals surface area contributed by atoms with E-state index in [1.165, 1.54) is 16.3 Å². The summed E-state index contributed by atoms with van der Waals surface area (Å²) >= 11 is 6.22. The smallest absolute Gasteiger partial charge is 0.182 e. The molecular formula is C24H21ClN2O. The van der Waals surface area contributed by atoms with Crippen LogP contribution in [0.15, 0.2) is 67.1 Å². The summed E-state index contributed by atoms with van der Waals surface area (Å²) in [7, 11) is 0. The van der Waals surface area contributed by atoms with Crippen molar-refractivity contribution in [1.82, 2.24) is 9.38 Å². The van der Waals surface area contributed by atoms with E-state index in [4.69, 9.17) is 11.6 Å². The third-order valence-corrected chi connectivity index (χ3v) is 6.30. The molecule has 1 saturated carbocycles. The van der Waals surface area contributed by atoms with Gasteiger partial charge in [-0.2, -0.15) is 0 Å². The maximum absolute atomic E-state index is 13.2. The Morgan fingerprint density at radius 2 is 1.75 bits per heavy atom. The minimum Gasteiger partial charge on any atom is -0.296 e. The molecule has 0 amide bonds. The fourth-order valence-corrected chi connectivity index (χ4v) is 4.76. The molecule has 28 heavy (non-hydrogen) atoms. The zero-order chi connectivity index (χ0) is 19.1. The molecule has 140 valence electrons. The number of benzene rings is 2. The van der Waals surface area contributed by atoms with Gasteiger partial charge in [-0.1, -0.05) is 54.1 Å². The Morgan fingerprint density at radius 1 is 0.964 bits per heavy atom. The topological polar surface area (TPSA) is 34.4 Å². The molecule has 0 saturated heterocycles. The van der Waals surface area contributed by atoms with Gasteiger partial charge in [0, 0.05) is 10.9 Å². The van der Waals surface area contributed by atoms with Gasteiger partial charge in [0.1, 0.15) is 0 Å². The van der Waals surface area contributed by atoms with Crippen LogP contribution < -0.4 is 0 Å². The monoisotopic (exact) mass is 388 g/mol. The number of carbonyl (C=O) groups excluding carboxylic acids is 1. The van der Waals surface area contributed by atoms with Crippen LogP contribution in [0.3, 0.4) is 0 Å². The molecule has 0 spiro atoms. The Bertz CT molecular complexity index is 1170. The van der Waals surface area contributed by atoms with Crippen molar-refractivity contribution in [2.24, 2.45) is 5.92 Å². The Balaban J connectivity index is 1.34. The van der Waals surface area contributed by atoms with Gasteiger partial charge in [0.05, 0.1) is 23.7 Å². The third-order valence-electron chi connectivity index (χ3n) is 6.08. The maximum atomic E-state index is 13.2. The first-order valence-electron chi connectivity index (χ1n) is 9.83. The fourth-order valence-electron chi connectivity index (χ4n) is 4.55. The summed E-state index contributed by atoms with van der Waals surface area (Å²) in [5.41, 5.74) is 2.90. The lowest BCUT2D eigenvalue weighted by molar-refractivity contribution is 0.0877. The van der Waals surface area contributed by atoms with Crippen molar-refractivity contribution in [3.05, 3.63) is 83.4 Å². The zero-order valence-electron chi connectivity index (χ0n) is 15.5. The summed E-state index contributed by atoms with van der Waals surface area (Å²) in [5, 5.41) is 3.15. The lowest BCUT2D eigenvalue weighted by Gasteiger charge is -2.28. The third kappa shape index (κ3) is 3.10. The first kappa shape index (κ1) is 17.4. The van der Waals surface area contributed by atoms with Gasteiger partial charge in [0.2, 0.25) is 0 Å². The van der Waals surface area contributed by atoms with E-state index in [9.17, 15) is 4.79 Å². The number of hydrogen-bond acceptors (Lipinski definition) is 2. The molecule has 0 radical (unpaired) electrons. The minimum atomic E-state index is 0.0563. The van der Waals surface area contributed by atoms with Crippen molar-refractivity contribution in [3.8, 4) is 0 Å². The summed E-state index contributed by atoms with van der Waals surface area (Å²) in [6.07, 6.45) is 7.35. The molecule has 2 aromatic heterocycles. The fraction of sp³-hybridized carbons (Fsp3) is 0.250. The molecule has 2 aromatic carbocycles. The van der Waals surface area contributed by atoms with Gasteiger partial charge in [0.15, 0.2) is 5.78 Å². The first-order valence-corrected chi connectivity index (χ1v) is 10.2. The number of halogens is 1. The van der Waals surface area contributed by atoms with E-state index >= 15 is 0 Å². The van der Waals surface area contributed by atoms with Gasteiger partial charge < -0.3 is 0 Å². The molecular weight excluding hydrogens is 368 g/mol. The molecule has 4 aromatic rings. The second-order valence-corrected chi connectivity index (χ2v) is 8.20. The largest absolute Gasteiger partial charge is 0.296 e. The zero-order valence-corrected chi connectivity index (χ0v) is 16.3. The number of pyridine rings is 1. The van der Waals surface area contributed by atoms with Crippen LogP contribution in [-0.4, -0.2) is 15.2 Å². The summed E-state index contributed by atoms with van der Waals surface area (Å²) in [4.78, 5) is 17.3. The molecule has 0 aliphatic heterocycles. The Kier molecular flexibility index (Phi) is 4.40. The first-order chi connectivity index (χ1) is 13.7. The molecule has 1 fully saturated rings. The van der Waals surface area contributed by atoms with Crippen LogP contribution >= 0.6 is 11.6 Å². The highest BCUT2D eigenvalue weighted by Crippen LogP contribution is 2.38. The number of carbonyl (C=O) groups is 1. The van der Waals surface area contributed by atoms with Gasteiger partial charge >= 0.3 is 0 Å². The number of hydrogen-bond donors (Lipinski definition) is 0. The lowest BCUT2D eigenvalue weighted by atomic mass is 9.76. The van der Waals surface area contributed by atoms with Gasteiger partial charge in [-0.25, -0.2) is 4.98 Å². The van der Waals surface area contributed by atoms with Crippen LogP contribution in [0.1, 0.15) is 47.7 Å². The van der Waals surface area contributed by atoms with Crippen molar-refractivity contribution < 1.29 is 4.79 Å². The van der Waals surface area contributed by atoms with Gasteiger partial charge in [-0.05, 0) is 60.1 Å². The normalized spacial score (nSPS) is 19.9. The Labute approximate surface area is 169 Å². The molecule has 5 rings (SSSR count). The van der Waals surface area contributed by atoms with Gasteiger partial charge in [-0.15, -0.1) is 0 Å². The van der Waals surface area contributed by atoms with E-state index in [0.29, 0.717) is 16.6 Å². The van der Waals surface area contributed by atoms with Gasteiger partial charge in [-0.3, -0.25) is 9.20 Å². The Hall–Kier alpha value is -2.65. The molecule has 1 aliphatic carbocycles. The number of Topliss-reactive ketones (excluding diaryl/α,β-unsaturated/α-hetero) is 1. The second-order valence-electron chi connectivity index (χ2n) is 7.77. The summed E-state index contributed by atoms with van der Waals surface area (Å²) in [6, 6.07) is 18.9. The summed E-state index contributed by atoms with van der Waals surface area (Å²) in [5.74, 6) is 0.768. The van der Waals surface area contributed by atoms with Crippen LogP contribution in [0, 0.1) is 5.92 Å². The average molecular weight is 389 g/mol. The number of rotatable bonds is 3. The minimum absolute atomic E-state index is 0.0563. The number of fused-ring (bicyclic) bond motifs is 2. The molecule has 3 nitrogen and oxygen atoms in total. The summed E-state index contributed by atoms with van der Waals surface area (Å²) < 4.78 is 1.85. The van der Waals surface area contributed by atoms with Crippen molar-refractivity contribution in [1.29, 1.82) is 0 Å². The molecule has 0 bridgehead atoms. The highest BCUT2D eigenvalue weighted by molar-refractivity contribution is 6.31. The summed E-state index contributed by atoms with van der Waals surface area (Å²) in [6.45, 7) is 0. The van der Waals surface area contributed by atoms with Crippen LogP contribution in [0.4, 0.5) is 0 Å². The van der Waals surface area contributed by atoms with Crippen molar-refractivity contribution in [2.75, 3.05) is 0 Å². The maximum Gasteiger partial charge on any atom is 0.182 e. The number of aromatic nitrogens is 2. The molecule has 2 heterocycles. The van der Waals surface area contributed by atoms with Crippen LogP contribution in [0.25, 0.3) is 16.3 Å². The van der Waals surface area contributed by atoms with E-state index in [2.05, 4.69) is 47.4 Å².